The van der Waals surface area contributed by atoms with Crippen molar-refractivity contribution in [3.05, 3.63) is 35.9 Å². The van der Waals surface area contributed by atoms with Crippen LogP contribution in [0.25, 0.3) is 0 Å². The molecule has 0 aliphatic heterocycles. The van der Waals surface area contributed by atoms with Crippen LogP contribution >= 0.6 is 0 Å². The highest BCUT2D eigenvalue weighted by atomic mass is 32.2. The summed E-state index contributed by atoms with van der Waals surface area (Å²) in [7, 11) is -3.96. The standard InChI is InChI=1S/C11H14F9NO.C8H10O3S/c12-8(13,14)6-7(4-2-1-3-5-7)21-9(22,10(15,16)17)11(18,19)20;1-7(12(9,10)11)8-5-3-2-4-6-8/h21-22H,1-6H2;2-7H,1H3,(H,9,10,11). The molecule has 1 atom stereocenters. The minimum Gasteiger partial charge on any atom is -0.361 e. The van der Waals surface area contributed by atoms with Crippen LogP contribution < -0.4 is 5.32 Å². The number of halogens is 9. The van der Waals surface area contributed by atoms with Gasteiger partial charge in [-0.25, -0.2) is 0 Å². The fourth-order valence-corrected chi connectivity index (χ4v) is 4.04. The molecule has 0 radical (unpaired) electrons. The molecule has 2 rings (SSSR count). The van der Waals surface area contributed by atoms with Crippen LogP contribution in [0.1, 0.15) is 56.3 Å². The lowest BCUT2D eigenvalue weighted by Gasteiger charge is -2.45. The maximum Gasteiger partial charge on any atom is 0.440 e. The van der Waals surface area contributed by atoms with Crippen molar-refractivity contribution in [2.45, 2.75) is 80.5 Å². The van der Waals surface area contributed by atoms with E-state index < -0.39 is 64.4 Å². The van der Waals surface area contributed by atoms with Gasteiger partial charge in [0, 0.05) is 5.54 Å². The molecule has 0 aromatic heterocycles. The number of nitrogens with one attached hydrogen (secondary N) is 1. The van der Waals surface area contributed by atoms with Crippen LogP contribution in [0.5, 0.6) is 0 Å². The van der Waals surface area contributed by atoms with E-state index in [1.165, 1.54) is 6.92 Å². The Kier molecular flexibility index (Phi) is 9.48. The second-order valence-electron chi connectivity index (χ2n) is 8.03. The summed E-state index contributed by atoms with van der Waals surface area (Å²) in [5.74, 6) is 0. The van der Waals surface area contributed by atoms with Crippen LogP contribution in [-0.2, 0) is 10.1 Å². The summed E-state index contributed by atoms with van der Waals surface area (Å²) >= 11 is 0. The number of benzene rings is 1. The quantitative estimate of drug-likeness (QED) is 0.258. The Morgan fingerprint density at radius 3 is 1.71 bits per heavy atom. The van der Waals surface area contributed by atoms with Crippen LogP contribution in [0, 0.1) is 0 Å². The lowest BCUT2D eigenvalue weighted by Crippen LogP contribution is -2.72. The molecular formula is C19H24F9NO4S. The third kappa shape index (κ3) is 8.27. The largest absolute Gasteiger partial charge is 0.440 e. The van der Waals surface area contributed by atoms with Gasteiger partial charge in [0.15, 0.2) is 0 Å². The van der Waals surface area contributed by atoms with Gasteiger partial charge in [0.2, 0.25) is 0 Å². The Morgan fingerprint density at radius 1 is 0.912 bits per heavy atom. The molecule has 1 aliphatic rings. The van der Waals surface area contributed by atoms with E-state index in [0.29, 0.717) is 12.0 Å². The number of rotatable bonds is 5. The van der Waals surface area contributed by atoms with Crippen molar-refractivity contribution >= 4 is 10.1 Å². The summed E-state index contributed by atoms with van der Waals surface area (Å²) < 4.78 is 144. The lowest BCUT2D eigenvalue weighted by atomic mass is 9.78. The van der Waals surface area contributed by atoms with Gasteiger partial charge in [-0.05, 0) is 25.3 Å². The number of alkyl halides is 9. The van der Waals surface area contributed by atoms with Crippen LogP contribution in [0.15, 0.2) is 30.3 Å². The normalized spacial score (nSPS) is 18.6. The minimum absolute atomic E-state index is 0.0366. The fraction of sp³-hybridized carbons (Fsp3) is 0.684. The molecule has 1 aromatic carbocycles. The first-order valence-corrected chi connectivity index (χ1v) is 11.4. The number of hydrogen-bond acceptors (Lipinski definition) is 4. The third-order valence-electron chi connectivity index (χ3n) is 5.33. The molecular weight excluding hydrogens is 509 g/mol. The first-order valence-electron chi connectivity index (χ1n) is 9.87. The third-order valence-corrected chi connectivity index (χ3v) is 6.50. The van der Waals surface area contributed by atoms with E-state index in [4.69, 9.17) is 9.66 Å². The SMILES string of the molecule is CC(c1ccccc1)S(=O)(=O)O.OC(NC1(CC(F)(F)F)CCCCC1)(C(F)(F)F)C(F)(F)F. The molecule has 198 valence electrons. The first kappa shape index (κ1) is 30.5. The summed E-state index contributed by atoms with van der Waals surface area (Å²) in [5, 5.41) is 9.09. The molecule has 1 aliphatic carbocycles. The van der Waals surface area contributed by atoms with Gasteiger partial charge in [-0.3, -0.25) is 9.87 Å². The highest BCUT2D eigenvalue weighted by molar-refractivity contribution is 7.86. The van der Waals surface area contributed by atoms with Gasteiger partial charge in [0.05, 0.1) is 6.42 Å². The predicted octanol–water partition coefficient (Wildman–Crippen LogP) is 5.68. The molecule has 0 saturated heterocycles. The zero-order valence-corrected chi connectivity index (χ0v) is 18.5. The zero-order chi connectivity index (χ0) is 26.6. The van der Waals surface area contributed by atoms with E-state index in [0.717, 1.165) is 5.32 Å². The Morgan fingerprint density at radius 2 is 1.35 bits per heavy atom. The summed E-state index contributed by atoms with van der Waals surface area (Å²) in [6, 6.07) is 8.59. The van der Waals surface area contributed by atoms with Gasteiger partial charge in [-0.1, -0.05) is 49.6 Å². The summed E-state index contributed by atoms with van der Waals surface area (Å²) in [5.41, 5.74) is -7.29. The van der Waals surface area contributed by atoms with E-state index in [9.17, 15) is 47.9 Å². The highest BCUT2D eigenvalue weighted by Crippen LogP contribution is 2.46. The Labute approximate surface area is 190 Å². The Hall–Kier alpha value is -1.58. The summed E-state index contributed by atoms with van der Waals surface area (Å²) in [4.78, 5) is 0. The van der Waals surface area contributed by atoms with Gasteiger partial charge < -0.3 is 5.11 Å². The van der Waals surface area contributed by atoms with Crippen LogP contribution in [-0.4, -0.2) is 47.9 Å². The highest BCUT2D eigenvalue weighted by Gasteiger charge is 2.72. The monoisotopic (exact) mass is 533 g/mol. The number of hydrogen-bond donors (Lipinski definition) is 3. The van der Waals surface area contributed by atoms with Crippen LogP contribution in [0.4, 0.5) is 39.5 Å². The molecule has 15 heteroatoms. The van der Waals surface area contributed by atoms with Gasteiger partial charge >= 0.3 is 24.3 Å². The van der Waals surface area contributed by atoms with Crippen molar-refractivity contribution in [1.82, 2.24) is 5.32 Å². The second kappa shape index (κ2) is 10.6. The molecule has 0 bridgehead atoms. The van der Waals surface area contributed by atoms with E-state index in [1.807, 2.05) is 0 Å². The molecule has 34 heavy (non-hydrogen) atoms. The fourth-order valence-electron chi connectivity index (χ4n) is 3.54. The van der Waals surface area contributed by atoms with Crippen molar-refractivity contribution in [1.29, 1.82) is 0 Å². The molecule has 1 fully saturated rings. The number of aliphatic hydroxyl groups is 1. The average molecular weight is 533 g/mol. The molecule has 3 N–H and O–H groups in total. The van der Waals surface area contributed by atoms with E-state index in [2.05, 4.69) is 0 Å². The summed E-state index contributed by atoms with van der Waals surface area (Å²) in [6.45, 7) is 1.45. The zero-order valence-electron chi connectivity index (χ0n) is 17.7. The second-order valence-corrected chi connectivity index (χ2v) is 9.77. The molecule has 0 spiro atoms. The maximum absolute atomic E-state index is 12.6. The molecule has 0 amide bonds. The topological polar surface area (TPSA) is 86.6 Å². The smallest absolute Gasteiger partial charge is 0.361 e. The molecule has 1 unspecified atom stereocenters. The first-order chi connectivity index (χ1) is 15.1. The Bertz CT molecular complexity index is 864. The molecule has 0 heterocycles. The average Bonchev–Trinajstić information content (AvgIpc) is 2.65. The lowest BCUT2D eigenvalue weighted by molar-refractivity contribution is -0.387. The Balaban J connectivity index is 0.000000404. The van der Waals surface area contributed by atoms with Crippen LogP contribution in [0.3, 0.4) is 0 Å². The van der Waals surface area contributed by atoms with Crippen molar-refractivity contribution in [3.8, 4) is 0 Å². The van der Waals surface area contributed by atoms with E-state index in [1.54, 1.807) is 30.3 Å². The molecule has 1 aromatic rings. The van der Waals surface area contributed by atoms with Gasteiger partial charge in [0.25, 0.3) is 10.1 Å². The van der Waals surface area contributed by atoms with Crippen LogP contribution in [0.2, 0.25) is 0 Å². The minimum atomic E-state index is -6.21. The van der Waals surface area contributed by atoms with E-state index >= 15 is 0 Å². The van der Waals surface area contributed by atoms with Gasteiger partial charge in [0.1, 0.15) is 5.25 Å². The molecule has 1 saturated carbocycles. The van der Waals surface area contributed by atoms with E-state index in [-0.39, 0.29) is 12.8 Å². The molecule has 5 nitrogen and oxygen atoms in total. The van der Waals surface area contributed by atoms with Crippen molar-refractivity contribution < 1.29 is 57.6 Å². The summed E-state index contributed by atoms with van der Waals surface area (Å²) in [6.07, 6.45) is -19.9. The predicted molar refractivity (Wildman–Crippen MR) is 103 cm³/mol. The van der Waals surface area contributed by atoms with Crippen molar-refractivity contribution in [2.24, 2.45) is 0 Å². The van der Waals surface area contributed by atoms with Crippen molar-refractivity contribution in [3.63, 3.8) is 0 Å². The van der Waals surface area contributed by atoms with Crippen molar-refractivity contribution in [2.75, 3.05) is 0 Å². The van der Waals surface area contributed by atoms with Gasteiger partial charge in [-0.2, -0.15) is 47.9 Å². The maximum atomic E-state index is 12.6. The van der Waals surface area contributed by atoms with Gasteiger partial charge in [-0.15, -0.1) is 0 Å².